The summed E-state index contributed by atoms with van der Waals surface area (Å²) in [7, 11) is 0. The van der Waals surface area contributed by atoms with Gasteiger partial charge in [0.1, 0.15) is 6.54 Å². The van der Waals surface area contributed by atoms with Crippen molar-refractivity contribution in [3.8, 4) is 0 Å². The molecule has 192 valence electrons. The van der Waals surface area contributed by atoms with Crippen LogP contribution in [0.1, 0.15) is 65.5 Å². The number of likely N-dealkylation sites (N-methyl/N-ethyl adjacent to an activating group) is 1. The van der Waals surface area contributed by atoms with Crippen LogP contribution in [0.25, 0.3) is 0 Å². The van der Waals surface area contributed by atoms with Crippen LogP contribution in [-0.2, 0) is 10.8 Å². The molecular formula is C32H41BrN2O. The molecule has 2 aliphatic heterocycles. The molecule has 0 unspecified atom stereocenters. The maximum Gasteiger partial charge on any atom is 0.209 e. The molecule has 0 saturated carbocycles. The van der Waals surface area contributed by atoms with E-state index in [1.165, 1.54) is 39.5 Å². The fourth-order valence-corrected chi connectivity index (χ4v) is 5.84. The van der Waals surface area contributed by atoms with E-state index in [-0.39, 0.29) is 34.4 Å². The molecule has 0 atom stereocenters. The highest BCUT2D eigenvalue weighted by atomic mass is 79.9. The summed E-state index contributed by atoms with van der Waals surface area (Å²) in [5.74, 6) is 0. The number of rotatable bonds is 8. The van der Waals surface area contributed by atoms with E-state index in [9.17, 15) is 5.11 Å². The van der Waals surface area contributed by atoms with Gasteiger partial charge in [-0.15, -0.1) is 0 Å². The number of aliphatic hydroxyl groups is 1. The molecule has 0 fully saturated rings. The molecule has 0 aromatic heterocycles. The van der Waals surface area contributed by atoms with Crippen LogP contribution in [-0.4, -0.2) is 35.1 Å². The van der Waals surface area contributed by atoms with Gasteiger partial charge >= 0.3 is 0 Å². The molecule has 0 bridgehead atoms. The molecule has 3 nitrogen and oxygen atoms in total. The second-order valence-electron chi connectivity index (χ2n) is 10.6. The second-order valence-corrected chi connectivity index (χ2v) is 10.6. The number of aliphatic hydroxyl groups excluding tert-OH is 1. The Labute approximate surface area is 228 Å². The molecule has 2 aliphatic rings. The topological polar surface area (TPSA) is 26.5 Å². The first-order valence-electron chi connectivity index (χ1n) is 13.1. The zero-order valence-corrected chi connectivity index (χ0v) is 24.3. The quantitative estimate of drug-likeness (QED) is 0.398. The smallest absolute Gasteiger partial charge is 0.209 e. The SMILES string of the molecule is CCN1/C(=C/C=C(/C=C/C2=[N+](CC)c3ccccc3C2(C)C)CCCO)C(C)(C)c2ccccc21.[Br-]. The first kappa shape index (κ1) is 28.1. The molecular weight excluding hydrogens is 508 g/mol. The van der Waals surface area contributed by atoms with Crippen LogP contribution < -0.4 is 21.9 Å². The van der Waals surface area contributed by atoms with Crippen molar-refractivity contribution in [3.05, 3.63) is 95.2 Å². The third-order valence-corrected chi connectivity index (χ3v) is 7.77. The monoisotopic (exact) mass is 548 g/mol. The van der Waals surface area contributed by atoms with Crippen molar-refractivity contribution >= 4 is 17.1 Å². The Morgan fingerprint density at radius 1 is 0.944 bits per heavy atom. The molecule has 4 rings (SSSR count). The number of benzene rings is 2. The maximum atomic E-state index is 9.55. The van der Waals surface area contributed by atoms with Crippen LogP contribution in [0.4, 0.5) is 11.4 Å². The van der Waals surface area contributed by atoms with Crippen molar-refractivity contribution in [1.82, 2.24) is 0 Å². The standard InChI is InChI=1S/C32H41N2O.BrH/c1-7-33-27-17-11-9-15-25(27)31(3,4)29(33)21-19-24(14-13-23-35)20-22-30-32(5,6)26-16-10-12-18-28(26)34(30)8-2;/h9-12,15-22,35H,7-8,13-14,23H2,1-6H3;1H/q+1;/p-1. The van der Waals surface area contributed by atoms with Crippen molar-refractivity contribution in [2.24, 2.45) is 0 Å². The molecule has 0 aliphatic carbocycles. The Kier molecular flexibility index (Phi) is 8.84. The Bertz CT molecular complexity index is 1220. The molecule has 2 aromatic rings. The van der Waals surface area contributed by atoms with Crippen LogP contribution >= 0.6 is 0 Å². The number of hydrogen-bond acceptors (Lipinski definition) is 2. The lowest BCUT2D eigenvalue weighted by molar-refractivity contribution is -0.433. The summed E-state index contributed by atoms with van der Waals surface area (Å²) >= 11 is 0. The number of nitrogens with zero attached hydrogens (tertiary/aromatic N) is 2. The van der Waals surface area contributed by atoms with Gasteiger partial charge in [0.05, 0.1) is 5.41 Å². The van der Waals surface area contributed by atoms with Gasteiger partial charge in [-0.05, 0) is 63.8 Å². The summed E-state index contributed by atoms with van der Waals surface area (Å²) in [6, 6.07) is 17.5. The first-order chi connectivity index (χ1) is 16.8. The van der Waals surface area contributed by atoms with E-state index in [0.717, 1.165) is 25.9 Å². The average molecular weight is 550 g/mol. The zero-order valence-electron chi connectivity index (χ0n) is 22.7. The van der Waals surface area contributed by atoms with Gasteiger partial charge in [0.15, 0.2) is 5.71 Å². The number of hydrogen-bond donors (Lipinski definition) is 1. The molecule has 4 heteroatoms. The van der Waals surface area contributed by atoms with Gasteiger partial charge < -0.3 is 27.0 Å². The lowest BCUT2D eigenvalue weighted by atomic mass is 9.81. The van der Waals surface area contributed by atoms with Crippen molar-refractivity contribution in [2.45, 2.75) is 65.2 Å². The molecule has 36 heavy (non-hydrogen) atoms. The van der Waals surface area contributed by atoms with E-state index >= 15 is 0 Å². The van der Waals surface area contributed by atoms with Crippen molar-refractivity contribution < 1.29 is 26.7 Å². The third-order valence-electron chi connectivity index (χ3n) is 7.77. The minimum atomic E-state index is -0.0439. The van der Waals surface area contributed by atoms with Crippen molar-refractivity contribution in [1.29, 1.82) is 0 Å². The highest BCUT2D eigenvalue weighted by Crippen LogP contribution is 2.47. The number of para-hydroxylation sites is 2. The lowest BCUT2D eigenvalue weighted by Crippen LogP contribution is -3.00. The zero-order chi connectivity index (χ0) is 25.2. The van der Waals surface area contributed by atoms with E-state index in [1.54, 1.807) is 0 Å². The lowest BCUT2D eigenvalue weighted by Gasteiger charge is -2.26. The van der Waals surface area contributed by atoms with Crippen LogP contribution in [0.5, 0.6) is 0 Å². The first-order valence-corrected chi connectivity index (χ1v) is 13.1. The van der Waals surface area contributed by atoms with Crippen LogP contribution in [0.2, 0.25) is 0 Å². The Balaban J connectivity index is 0.00000361. The fraction of sp³-hybridized carbons (Fsp3) is 0.406. The average Bonchev–Trinajstić information content (AvgIpc) is 3.21. The van der Waals surface area contributed by atoms with Crippen LogP contribution in [0.15, 0.2) is 84.1 Å². The Morgan fingerprint density at radius 2 is 1.61 bits per heavy atom. The van der Waals surface area contributed by atoms with Gasteiger partial charge in [0, 0.05) is 47.7 Å². The molecule has 0 radical (unpaired) electrons. The second kappa shape index (κ2) is 11.3. The van der Waals surface area contributed by atoms with Gasteiger partial charge in [-0.25, -0.2) is 0 Å². The highest BCUT2D eigenvalue weighted by molar-refractivity contribution is 6.03. The van der Waals surface area contributed by atoms with Crippen molar-refractivity contribution in [2.75, 3.05) is 24.6 Å². The highest BCUT2D eigenvalue weighted by Gasteiger charge is 2.43. The number of allylic oxidation sites excluding steroid dienone is 6. The van der Waals surface area contributed by atoms with Crippen molar-refractivity contribution in [3.63, 3.8) is 0 Å². The van der Waals surface area contributed by atoms with E-state index in [4.69, 9.17) is 0 Å². The minimum absolute atomic E-state index is 0. The molecule has 0 amide bonds. The van der Waals surface area contributed by atoms with Gasteiger partial charge in [-0.3, -0.25) is 0 Å². The summed E-state index contributed by atoms with van der Waals surface area (Å²) in [5, 5.41) is 9.55. The summed E-state index contributed by atoms with van der Waals surface area (Å²) in [6.07, 6.45) is 10.8. The number of halogens is 1. The summed E-state index contributed by atoms with van der Waals surface area (Å²) in [5.41, 5.74) is 9.19. The maximum absolute atomic E-state index is 9.55. The fourth-order valence-electron chi connectivity index (χ4n) is 5.84. The third kappa shape index (κ3) is 4.90. The van der Waals surface area contributed by atoms with E-state index in [2.05, 4.69) is 124 Å². The number of fused-ring (bicyclic) bond motifs is 2. The van der Waals surface area contributed by atoms with E-state index < -0.39 is 0 Å². The molecule has 0 spiro atoms. The molecule has 1 N–H and O–H groups in total. The Morgan fingerprint density at radius 3 is 2.28 bits per heavy atom. The predicted octanol–water partition coefficient (Wildman–Crippen LogP) is 4.04. The van der Waals surface area contributed by atoms with Crippen LogP contribution in [0, 0.1) is 0 Å². The summed E-state index contributed by atoms with van der Waals surface area (Å²) < 4.78 is 2.43. The van der Waals surface area contributed by atoms with Crippen LogP contribution in [0.3, 0.4) is 0 Å². The largest absolute Gasteiger partial charge is 1.00 e. The molecule has 2 aromatic carbocycles. The van der Waals surface area contributed by atoms with Gasteiger partial charge in [-0.2, -0.15) is 4.58 Å². The number of anilines is 1. The van der Waals surface area contributed by atoms with E-state index in [1.807, 2.05) is 0 Å². The molecule has 0 saturated heterocycles. The Hall–Kier alpha value is -2.43. The summed E-state index contributed by atoms with van der Waals surface area (Å²) in [6.45, 7) is 15.8. The van der Waals surface area contributed by atoms with Gasteiger partial charge in [0.2, 0.25) is 5.69 Å². The predicted molar refractivity (Wildman–Crippen MR) is 149 cm³/mol. The minimum Gasteiger partial charge on any atom is -1.00 e. The normalized spacial score (nSPS) is 19.1. The van der Waals surface area contributed by atoms with E-state index in [0.29, 0.717) is 0 Å². The summed E-state index contributed by atoms with van der Waals surface area (Å²) in [4.78, 5) is 2.43. The molecule has 2 heterocycles. The van der Waals surface area contributed by atoms with Gasteiger partial charge in [-0.1, -0.05) is 62.4 Å². The van der Waals surface area contributed by atoms with Gasteiger partial charge in [0.25, 0.3) is 0 Å².